The number of hydrogen-bond acceptors (Lipinski definition) is 5. The molecule has 28 heavy (non-hydrogen) atoms. The number of hydrogen-bond donors (Lipinski definition) is 2. The lowest BCUT2D eigenvalue weighted by molar-refractivity contribution is 0.870. The van der Waals surface area contributed by atoms with Crippen molar-refractivity contribution in [1.29, 1.82) is 0 Å². The zero-order valence-corrected chi connectivity index (χ0v) is 16.8. The van der Waals surface area contributed by atoms with Gasteiger partial charge in [0.1, 0.15) is 0 Å². The summed E-state index contributed by atoms with van der Waals surface area (Å²) >= 11 is 17.6. The third-order valence-corrected chi connectivity index (χ3v) is 4.81. The first-order chi connectivity index (χ1) is 13.5. The highest BCUT2D eigenvalue weighted by atomic mass is 35.5. The number of benzene rings is 1. The molecule has 0 fully saturated rings. The molecule has 0 spiro atoms. The number of H-pyrrole nitrogens is 2. The molecule has 3 heterocycles. The molecule has 140 valence electrons. The predicted octanol–water partition coefficient (Wildman–Crippen LogP) is 4.89. The Morgan fingerprint density at radius 3 is 2.75 bits per heavy atom. The zero-order chi connectivity index (χ0) is 19.7. The fraction of sp³-hybridized carbons (Fsp3) is 0.0556. The summed E-state index contributed by atoms with van der Waals surface area (Å²) in [6.45, 7) is 1.92. The number of pyridine rings is 1. The summed E-state index contributed by atoms with van der Waals surface area (Å²) in [4.78, 5) is 4.29. The van der Waals surface area contributed by atoms with Crippen LogP contribution in [0.1, 0.15) is 11.3 Å². The number of nitrogens with one attached hydrogen (secondary N) is 2. The first-order valence-electron chi connectivity index (χ1n) is 8.16. The predicted molar refractivity (Wildman–Crippen MR) is 112 cm³/mol. The van der Waals surface area contributed by atoms with E-state index < -0.39 is 0 Å². The zero-order valence-electron chi connectivity index (χ0n) is 14.5. The van der Waals surface area contributed by atoms with E-state index >= 15 is 0 Å². The van der Waals surface area contributed by atoms with Crippen LogP contribution in [0.4, 0.5) is 0 Å². The molecule has 0 amide bonds. The normalized spacial score (nSPS) is 11.4. The molecule has 10 heteroatoms. The molecule has 0 atom stereocenters. The van der Waals surface area contributed by atoms with E-state index in [0.29, 0.717) is 20.6 Å². The largest absolute Gasteiger partial charge is 0.277 e. The highest BCUT2D eigenvalue weighted by Gasteiger charge is 2.12. The van der Waals surface area contributed by atoms with E-state index in [9.17, 15) is 0 Å². The Labute approximate surface area is 175 Å². The van der Waals surface area contributed by atoms with Gasteiger partial charge in [-0.2, -0.15) is 20.0 Å². The van der Waals surface area contributed by atoms with E-state index in [1.165, 1.54) is 4.68 Å². The van der Waals surface area contributed by atoms with Crippen LogP contribution < -0.4 is 0 Å². The van der Waals surface area contributed by atoms with Crippen molar-refractivity contribution in [3.63, 3.8) is 0 Å². The van der Waals surface area contributed by atoms with Gasteiger partial charge in [0, 0.05) is 33.6 Å². The van der Waals surface area contributed by atoms with Gasteiger partial charge in [-0.05, 0) is 49.5 Å². The number of halogens is 2. The molecule has 3 aromatic heterocycles. The second-order valence-corrected chi connectivity index (χ2v) is 7.15. The molecule has 4 aromatic rings. The summed E-state index contributed by atoms with van der Waals surface area (Å²) in [6, 6.07) is 9.07. The average Bonchev–Trinajstić information content (AvgIpc) is 3.27. The molecule has 1 aromatic carbocycles. The highest BCUT2D eigenvalue weighted by molar-refractivity contribution is 7.71. The van der Waals surface area contributed by atoms with Crippen LogP contribution in [0.2, 0.25) is 10.0 Å². The summed E-state index contributed by atoms with van der Waals surface area (Å²) in [6.07, 6.45) is 5.02. The van der Waals surface area contributed by atoms with Crippen LogP contribution in [0.25, 0.3) is 22.6 Å². The van der Waals surface area contributed by atoms with Crippen molar-refractivity contribution in [3.05, 3.63) is 68.8 Å². The van der Waals surface area contributed by atoms with Crippen LogP contribution in [-0.4, -0.2) is 36.3 Å². The Kier molecular flexibility index (Phi) is 5.08. The van der Waals surface area contributed by atoms with Gasteiger partial charge < -0.3 is 0 Å². The summed E-state index contributed by atoms with van der Waals surface area (Å²) in [7, 11) is 0. The molecule has 0 saturated carbocycles. The molecular formula is C18H13Cl2N7S. The van der Waals surface area contributed by atoms with Gasteiger partial charge in [0.25, 0.3) is 0 Å². The highest BCUT2D eigenvalue weighted by Crippen LogP contribution is 2.30. The van der Waals surface area contributed by atoms with E-state index in [4.69, 9.17) is 35.4 Å². The van der Waals surface area contributed by atoms with Crippen LogP contribution in [0.3, 0.4) is 0 Å². The van der Waals surface area contributed by atoms with Gasteiger partial charge >= 0.3 is 0 Å². The van der Waals surface area contributed by atoms with Crippen molar-refractivity contribution in [2.75, 3.05) is 0 Å². The number of nitrogens with zero attached hydrogens (tertiary/aromatic N) is 5. The molecular weight excluding hydrogens is 417 g/mol. The third-order valence-electron chi connectivity index (χ3n) is 4.00. The lowest BCUT2D eigenvalue weighted by Gasteiger charge is -2.04. The van der Waals surface area contributed by atoms with Gasteiger partial charge in [-0.15, -0.1) is 0 Å². The standard InChI is InChI=1S/C18H13Cl2N7S/c1-10-2-3-11(7-21-10)17-25-26-18(28)27(17)23-9-12-8-22-24-16(12)14-5-4-13(19)6-15(14)20/h2-9H,1H3,(H,22,24)(H,26,28)/b23-9+. The van der Waals surface area contributed by atoms with Gasteiger partial charge in [0.15, 0.2) is 5.82 Å². The van der Waals surface area contributed by atoms with Gasteiger partial charge in [-0.1, -0.05) is 23.2 Å². The fourth-order valence-corrected chi connectivity index (χ4v) is 3.29. The number of aromatic amines is 2. The molecule has 0 saturated heterocycles. The summed E-state index contributed by atoms with van der Waals surface area (Å²) in [5.41, 5.74) is 3.93. The topological polar surface area (TPSA) is 87.5 Å². The van der Waals surface area contributed by atoms with E-state index in [0.717, 1.165) is 28.1 Å². The maximum absolute atomic E-state index is 6.32. The van der Waals surface area contributed by atoms with Crippen molar-refractivity contribution in [2.24, 2.45) is 5.10 Å². The average molecular weight is 430 g/mol. The van der Waals surface area contributed by atoms with Gasteiger partial charge in [0.2, 0.25) is 4.77 Å². The van der Waals surface area contributed by atoms with Crippen molar-refractivity contribution in [1.82, 2.24) is 30.1 Å². The molecule has 4 rings (SSSR count). The molecule has 2 N–H and O–H groups in total. The fourth-order valence-electron chi connectivity index (χ4n) is 2.61. The molecule has 0 unspecified atom stereocenters. The minimum Gasteiger partial charge on any atom is -0.277 e. The third kappa shape index (κ3) is 3.62. The van der Waals surface area contributed by atoms with Crippen molar-refractivity contribution in [3.8, 4) is 22.6 Å². The molecule has 0 aliphatic carbocycles. The smallest absolute Gasteiger partial charge is 0.216 e. The minimum atomic E-state index is 0.362. The Morgan fingerprint density at radius 1 is 1.14 bits per heavy atom. The summed E-state index contributed by atoms with van der Waals surface area (Å²) in [5, 5.41) is 19.6. The lowest BCUT2D eigenvalue weighted by atomic mass is 10.1. The van der Waals surface area contributed by atoms with Crippen LogP contribution in [0.5, 0.6) is 0 Å². The SMILES string of the molecule is Cc1ccc(-c2n[nH]c(=S)n2/N=C/c2cn[nH]c2-c2ccc(Cl)cc2Cl)cn1. The minimum absolute atomic E-state index is 0.362. The Morgan fingerprint density at radius 2 is 2.00 bits per heavy atom. The van der Waals surface area contributed by atoms with Crippen molar-refractivity contribution in [2.45, 2.75) is 6.92 Å². The Balaban J connectivity index is 1.72. The maximum Gasteiger partial charge on any atom is 0.216 e. The van der Waals surface area contributed by atoms with E-state index in [1.807, 2.05) is 25.1 Å². The second kappa shape index (κ2) is 7.67. The quantitative estimate of drug-likeness (QED) is 0.357. The molecule has 0 aliphatic heterocycles. The summed E-state index contributed by atoms with van der Waals surface area (Å²) < 4.78 is 1.89. The number of aryl methyl sites for hydroxylation is 1. The van der Waals surface area contributed by atoms with Crippen LogP contribution >= 0.6 is 35.4 Å². The van der Waals surface area contributed by atoms with Crippen LogP contribution in [-0.2, 0) is 0 Å². The van der Waals surface area contributed by atoms with Gasteiger partial charge in [0.05, 0.1) is 23.1 Å². The first-order valence-corrected chi connectivity index (χ1v) is 9.33. The maximum atomic E-state index is 6.32. The van der Waals surface area contributed by atoms with Gasteiger partial charge in [-0.25, -0.2) is 5.10 Å². The van der Waals surface area contributed by atoms with E-state index in [2.05, 4.69) is 30.5 Å². The molecule has 0 radical (unpaired) electrons. The second-order valence-electron chi connectivity index (χ2n) is 5.92. The van der Waals surface area contributed by atoms with Gasteiger partial charge in [-0.3, -0.25) is 10.1 Å². The van der Waals surface area contributed by atoms with Crippen LogP contribution in [0.15, 0.2) is 47.8 Å². The van der Waals surface area contributed by atoms with Crippen LogP contribution in [0, 0.1) is 11.7 Å². The Hall–Kier alpha value is -2.81. The first kappa shape index (κ1) is 18.5. The molecule has 7 nitrogen and oxygen atoms in total. The summed E-state index contributed by atoms with van der Waals surface area (Å²) in [5.74, 6) is 0.559. The van der Waals surface area contributed by atoms with Crippen molar-refractivity contribution < 1.29 is 0 Å². The number of aromatic nitrogens is 6. The molecule has 0 aliphatic rings. The van der Waals surface area contributed by atoms with E-state index in [1.54, 1.807) is 30.7 Å². The lowest BCUT2D eigenvalue weighted by Crippen LogP contribution is -1.96. The Bertz CT molecular complexity index is 1220. The van der Waals surface area contributed by atoms with E-state index in [-0.39, 0.29) is 0 Å². The molecule has 0 bridgehead atoms. The monoisotopic (exact) mass is 429 g/mol. The van der Waals surface area contributed by atoms with Crippen molar-refractivity contribution >= 4 is 41.6 Å². The number of rotatable bonds is 4.